The van der Waals surface area contributed by atoms with E-state index in [1.165, 1.54) is 5.56 Å². The van der Waals surface area contributed by atoms with E-state index in [1.54, 1.807) is 17.5 Å². The van der Waals surface area contributed by atoms with Crippen LogP contribution in [0.5, 0.6) is 0 Å². The molecule has 4 rings (SSSR count). The number of hydrogen-bond acceptors (Lipinski definition) is 4. The highest BCUT2D eigenvalue weighted by molar-refractivity contribution is 7.07. The lowest BCUT2D eigenvalue weighted by Gasteiger charge is -2.46. The van der Waals surface area contributed by atoms with E-state index >= 15 is 0 Å². The molecule has 1 atom stereocenters. The van der Waals surface area contributed by atoms with E-state index in [9.17, 15) is 8.78 Å². The van der Waals surface area contributed by atoms with Crippen molar-refractivity contribution < 1.29 is 8.78 Å². The highest BCUT2D eigenvalue weighted by atomic mass is 32.1. The van der Waals surface area contributed by atoms with Crippen molar-refractivity contribution in [1.29, 1.82) is 0 Å². The van der Waals surface area contributed by atoms with Gasteiger partial charge in [0.1, 0.15) is 5.82 Å². The Morgan fingerprint density at radius 2 is 2.04 bits per heavy atom. The summed E-state index contributed by atoms with van der Waals surface area (Å²) in [5.41, 5.74) is 0.263. The van der Waals surface area contributed by atoms with Gasteiger partial charge in [-0.05, 0) is 40.9 Å². The maximum absolute atomic E-state index is 14.8. The Balaban J connectivity index is 1.53. The minimum absolute atomic E-state index is 0.0484. The van der Waals surface area contributed by atoms with Crippen LogP contribution >= 0.6 is 11.3 Å². The van der Waals surface area contributed by atoms with Gasteiger partial charge in [-0.1, -0.05) is 6.07 Å². The first kappa shape index (κ1) is 16.0. The molecule has 2 saturated heterocycles. The smallest absolute Gasteiger partial charge is 0.257 e. The van der Waals surface area contributed by atoms with Crippen molar-refractivity contribution in [3.8, 4) is 0 Å². The molecule has 0 bridgehead atoms. The first-order valence-corrected chi connectivity index (χ1v) is 9.30. The maximum Gasteiger partial charge on any atom is 0.257 e. The summed E-state index contributed by atoms with van der Waals surface area (Å²) >= 11 is 1.66. The number of anilines is 1. The van der Waals surface area contributed by atoms with Gasteiger partial charge in [0.15, 0.2) is 0 Å². The lowest BCUT2D eigenvalue weighted by Crippen LogP contribution is -2.56. The van der Waals surface area contributed by atoms with Gasteiger partial charge in [0.25, 0.3) is 5.92 Å². The highest BCUT2D eigenvalue weighted by Crippen LogP contribution is 2.50. The number of alkyl halides is 2. The third-order valence-corrected chi connectivity index (χ3v) is 6.09. The van der Waals surface area contributed by atoms with Gasteiger partial charge in [-0.2, -0.15) is 11.3 Å². The second-order valence-electron chi connectivity index (χ2n) is 6.94. The average Bonchev–Trinajstić information content (AvgIpc) is 3.23. The summed E-state index contributed by atoms with van der Waals surface area (Å²) < 4.78 is 29.7. The first-order chi connectivity index (χ1) is 11.6. The van der Waals surface area contributed by atoms with Crippen LogP contribution in [-0.4, -0.2) is 42.0 Å². The molecule has 128 valence electrons. The van der Waals surface area contributed by atoms with Crippen LogP contribution in [0.25, 0.3) is 0 Å². The fourth-order valence-electron chi connectivity index (χ4n) is 4.00. The zero-order valence-electron chi connectivity index (χ0n) is 13.5. The van der Waals surface area contributed by atoms with Gasteiger partial charge in [0, 0.05) is 45.3 Å². The number of aromatic nitrogens is 1. The van der Waals surface area contributed by atoms with Crippen LogP contribution in [0.4, 0.5) is 14.6 Å². The molecule has 0 aliphatic carbocycles. The highest BCUT2D eigenvalue weighted by Gasteiger charge is 2.59. The fourth-order valence-corrected chi connectivity index (χ4v) is 4.66. The lowest BCUT2D eigenvalue weighted by atomic mass is 9.75. The number of likely N-dealkylation sites (tertiary alicyclic amines) is 1. The van der Waals surface area contributed by atoms with Gasteiger partial charge in [-0.25, -0.2) is 13.8 Å². The summed E-state index contributed by atoms with van der Waals surface area (Å²) in [5, 5.41) is 4.15. The van der Waals surface area contributed by atoms with Gasteiger partial charge >= 0.3 is 0 Å². The van der Waals surface area contributed by atoms with E-state index in [4.69, 9.17) is 0 Å². The molecule has 0 aromatic carbocycles. The van der Waals surface area contributed by atoms with Crippen LogP contribution in [0.3, 0.4) is 0 Å². The molecule has 0 radical (unpaired) electrons. The predicted molar refractivity (Wildman–Crippen MR) is 92.7 cm³/mol. The SMILES string of the molecule is FC1(F)CCN(Cc2ccsc2)C[C@@]12CCN(c1ccccn1)C2. The zero-order valence-corrected chi connectivity index (χ0v) is 14.3. The first-order valence-electron chi connectivity index (χ1n) is 8.35. The van der Waals surface area contributed by atoms with Crippen LogP contribution in [0, 0.1) is 5.41 Å². The van der Waals surface area contributed by atoms with E-state index in [-0.39, 0.29) is 6.42 Å². The molecule has 0 amide bonds. The number of pyridine rings is 1. The Hall–Kier alpha value is -1.53. The molecule has 0 N–H and O–H groups in total. The molecule has 2 aromatic rings. The van der Waals surface area contributed by atoms with Crippen LogP contribution in [0.2, 0.25) is 0 Å². The molecule has 6 heteroatoms. The van der Waals surface area contributed by atoms with Gasteiger partial charge in [0.2, 0.25) is 0 Å². The van der Waals surface area contributed by atoms with Crippen LogP contribution in [0.15, 0.2) is 41.2 Å². The number of hydrogen-bond donors (Lipinski definition) is 0. The number of piperidine rings is 1. The van der Waals surface area contributed by atoms with Gasteiger partial charge in [-0.3, -0.25) is 4.90 Å². The molecule has 2 aliphatic rings. The monoisotopic (exact) mass is 349 g/mol. The molecule has 4 heterocycles. The zero-order chi connectivity index (χ0) is 16.6. The summed E-state index contributed by atoms with van der Waals surface area (Å²) in [6.45, 7) is 2.73. The summed E-state index contributed by atoms with van der Waals surface area (Å²) in [6.07, 6.45) is 2.20. The van der Waals surface area contributed by atoms with Gasteiger partial charge in [0.05, 0.1) is 5.41 Å². The minimum atomic E-state index is -2.61. The topological polar surface area (TPSA) is 19.4 Å². The van der Waals surface area contributed by atoms with E-state index in [2.05, 4.69) is 21.3 Å². The maximum atomic E-state index is 14.8. The molecule has 2 aromatic heterocycles. The average molecular weight is 349 g/mol. The molecule has 0 unspecified atom stereocenters. The summed E-state index contributed by atoms with van der Waals surface area (Å²) in [6, 6.07) is 7.75. The largest absolute Gasteiger partial charge is 0.356 e. The lowest BCUT2D eigenvalue weighted by molar-refractivity contribution is -0.158. The van der Waals surface area contributed by atoms with E-state index in [0.29, 0.717) is 32.6 Å². The van der Waals surface area contributed by atoms with Gasteiger partial charge < -0.3 is 4.90 Å². The normalized spacial score (nSPS) is 27.0. The molecular formula is C18H21F2N3S. The molecule has 2 aliphatic heterocycles. The molecule has 24 heavy (non-hydrogen) atoms. The van der Waals surface area contributed by atoms with Crippen molar-refractivity contribution in [2.24, 2.45) is 5.41 Å². The quantitative estimate of drug-likeness (QED) is 0.838. The molecular weight excluding hydrogens is 328 g/mol. The van der Waals surface area contributed by atoms with Crippen molar-refractivity contribution in [2.75, 3.05) is 31.1 Å². The summed E-state index contributed by atoms with van der Waals surface area (Å²) in [5.74, 6) is -1.80. The number of halogens is 2. The second kappa shape index (κ2) is 6.08. The number of nitrogens with zero attached hydrogens (tertiary/aromatic N) is 3. The van der Waals surface area contributed by atoms with Crippen molar-refractivity contribution in [3.05, 3.63) is 46.8 Å². The third-order valence-electron chi connectivity index (χ3n) is 5.36. The fraction of sp³-hybridized carbons (Fsp3) is 0.500. The standard InChI is InChI=1S/C18H21F2N3S/c19-18(20)6-8-22(11-15-4-10-24-12-15)13-17(18)5-9-23(14-17)16-3-1-2-7-21-16/h1-4,7,10,12H,5-6,8-9,11,13-14H2/t17-/m1/s1. The number of thiophene rings is 1. The number of rotatable bonds is 3. The third kappa shape index (κ3) is 2.82. The van der Waals surface area contributed by atoms with E-state index in [1.807, 2.05) is 28.5 Å². The Morgan fingerprint density at radius 1 is 1.12 bits per heavy atom. The molecule has 3 nitrogen and oxygen atoms in total. The van der Waals surface area contributed by atoms with Crippen LogP contribution in [0.1, 0.15) is 18.4 Å². The summed E-state index contributed by atoms with van der Waals surface area (Å²) in [7, 11) is 0. The Kier molecular flexibility index (Phi) is 4.04. The minimum Gasteiger partial charge on any atom is -0.356 e. The van der Waals surface area contributed by atoms with E-state index in [0.717, 1.165) is 12.4 Å². The summed E-state index contributed by atoms with van der Waals surface area (Å²) in [4.78, 5) is 8.55. The van der Waals surface area contributed by atoms with Crippen molar-refractivity contribution in [1.82, 2.24) is 9.88 Å². The molecule has 1 spiro atoms. The Bertz CT molecular complexity index is 677. The van der Waals surface area contributed by atoms with Gasteiger partial charge in [-0.15, -0.1) is 0 Å². The van der Waals surface area contributed by atoms with Crippen molar-refractivity contribution >= 4 is 17.2 Å². The predicted octanol–water partition coefficient (Wildman–Crippen LogP) is 3.88. The molecule has 0 saturated carbocycles. The second-order valence-corrected chi connectivity index (χ2v) is 7.72. The molecule has 2 fully saturated rings. The Morgan fingerprint density at radius 3 is 2.79 bits per heavy atom. The van der Waals surface area contributed by atoms with Crippen molar-refractivity contribution in [2.45, 2.75) is 25.3 Å². The van der Waals surface area contributed by atoms with E-state index < -0.39 is 11.3 Å². The Labute approximate surface area is 144 Å². The van der Waals surface area contributed by atoms with Crippen LogP contribution in [-0.2, 0) is 6.54 Å². The van der Waals surface area contributed by atoms with Crippen molar-refractivity contribution in [3.63, 3.8) is 0 Å². The van der Waals surface area contributed by atoms with Crippen LogP contribution < -0.4 is 4.90 Å².